The van der Waals surface area contributed by atoms with Crippen LogP contribution in [0.2, 0.25) is 0 Å². The first kappa shape index (κ1) is 12.2. The highest BCUT2D eigenvalue weighted by Crippen LogP contribution is 2.37. The van der Waals surface area contributed by atoms with Gasteiger partial charge in [0.05, 0.1) is 5.69 Å². The molecule has 17 heavy (non-hydrogen) atoms. The number of hydrogen-bond acceptors (Lipinski definition) is 2. The molecule has 0 amide bonds. The minimum Gasteiger partial charge on any atom is -0.389 e. The lowest BCUT2D eigenvalue weighted by molar-refractivity contribution is 0.509. The molecule has 1 aromatic rings. The number of rotatable bonds is 4. The van der Waals surface area contributed by atoms with Crippen LogP contribution in [0.3, 0.4) is 0 Å². The van der Waals surface area contributed by atoms with Crippen molar-refractivity contribution in [3.8, 4) is 0 Å². The predicted octanol–water partition coefficient (Wildman–Crippen LogP) is 2.67. The summed E-state index contributed by atoms with van der Waals surface area (Å²) in [6.45, 7) is 2.81. The zero-order valence-electron chi connectivity index (χ0n) is 9.47. The van der Waals surface area contributed by atoms with Gasteiger partial charge in [0.1, 0.15) is 4.99 Å². The maximum absolute atomic E-state index is 13.6. The quantitative estimate of drug-likeness (QED) is 0.813. The summed E-state index contributed by atoms with van der Waals surface area (Å²) in [5.41, 5.74) is 5.40. The monoisotopic (exact) mass is 256 g/mol. The molecule has 0 bridgehead atoms. The average Bonchev–Trinajstić information content (AvgIpc) is 2.96. The Hall–Kier alpha value is -1.23. The third-order valence-corrected chi connectivity index (χ3v) is 3.40. The van der Waals surface area contributed by atoms with E-state index in [2.05, 4.69) is 24.5 Å². The van der Waals surface area contributed by atoms with E-state index in [1.54, 1.807) is 0 Å². The molecule has 0 heterocycles. The second kappa shape index (κ2) is 4.56. The Morgan fingerprint density at radius 2 is 2.12 bits per heavy atom. The first-order valence-corrected chi connectivity index (χ1v) is 5.93. The van der Waals surface area contributed by atoms with Crippen LogP contribution in [0.15, 0.2) is 12.1 Å². The van der Waals surface area contributed by atoms with Gasteiger partial charge >= 0.3 is 0 Å². The highest BCUT2D eigenvalue weighted by Gasteiger charge is 2.32. The second-order valence-corrected chi connectivity index (χ2v) is 4.95. The Bertz CT molecular complexity index is 462. The number of benzene rings is 1. The summed E-state index contributed by atoms with van der Waals surface area (Å²) in [4.78, 5) is -0.135. The fourth-order valence-corrected chi connectivity index (χ4v) is 1.96. The molecule has 2 rings (SSSR count). The number of thiocarbonyl (C=S) groups is 1. The van der Waals surface area contributed by atoms with Gasteiger partial charge < -0.3 is 11.1 Å². The van der Waals surface area contributed by atoms with Gasteiger partial charge in [-0.3, -0.25) is 0 Å². The summed E-state index contributed by atoms with van der Waals surface area (Å²) in [6.07, 6.45) is 1.14. The van der Waals surface area contributed by atoms with E-state index in [1.165, 1.54) is 12.1 Å². The van der Waals surface area contributed by atoms with Crippen LogP contribution in [-0.2, 0) is 0 Å². The lowest BCUT2D eigenvalue weighted by Crippen LogP contribution is -2.14. The van der Waals surface area contributed by atoms with Gasteiger partial charge in [-0.15, -0.1) is 0 Å². The molecule has 1 aromatic carbocycles. The lowest BCUT2D eigenvalue weighted by Gasteiger charge is -2.09. The van der Waals surface area contributed by atoms with Crippen LogP contribution in [0.4, 0.5) is 14.5 Å². The van der Waals surface area contributed by atoms with Crippen LogP contribution in [0, 0.1) is 23.5 Å². The second-order valence-electron chi connectivity index (χ2n) is 4.51. The SMILES string of the molecule is CC1CC1CNc1ccc(C(N)=S)c(F)c1F. The first-order valence-electron chi connectivity index (χ1n) is 5.52. The highest BCUT2D eigenvalue weighted by molar-refractivity contribution is 7.80. The van der Waals surface area contributed by atoms with Crippen molar-refractivity contribution in [3.63, 3.8) is 0 Å². The number of hydrogen-bond donors (Lipinski definition) is 2. The van der Waals surface area contributed by atoms with E-state index in [0.29, 0.717) is 18.4 Å². The molecule has 5 heteroatoms. The van der Waals surface area contributed by atoms with Gasteiger partial charge in [0, 0.05) is 12.1 Å². The Morgan fingerprint density at radius 1 is 1.47 bits per heavy atom. The number of halogens is 2. The van der Waals surface area contributed by atoms with Crippen LogP contribution in [0.25, 0.3) is 0 Å². The van der Waals surface area contributed by atoms with Crippen molar-refractivity contribution in [1.29, 1.82) is 0 Å². The first-order chi connectivity index (χ1) is 8.00. The molecule has 0 saturated heterocycles. The van der Waals surface area contributed by atoms with Gasteiger partial charge in [0.25, 0.3) is 0 Å². The molecular formula is C12H14F2N2S. The lowest BCUT2D eigenvalue weighted by atomic mass is 10.1. The van der Waals surface area contributed by atoms with Crippen molar-refractivity contribution in [3.05, 3.63) is 29.3 Å². The fourth-order valence-electron chi connectivity index (χ4n) is 1.80. The maximum Gasteiger partial charge on any atom is 0.182 e. The predicted molar refractivity (Wildman–Crippen MR) is 68.0 cm³/mol. The van der Waals surface area contributed by atoms with Gasteiger partial charge in [-0.05, 0) is 30.4 Å². The van der Waals surface area contributed by atoms with Gasteiger partial charge in [-0.1, -0.05) is 19.1 Å². The van der Waals surface area contributed by atoms with Crippen LogP contribution in [-0.4, -0.2) is 11.5 Å². The van der Waals surface area contributed by atoms with Gasteiger partial charge in [0.15, 0.2) is 11.6 Å². The van der Waals surface area contributed by atoms with Crippen molar-refractivity contribution >= 4 is 22.9 Å². The van der Waals surface area contributed by atoms with Crippen molar-refractivity contribution in [2.24, 2.45) is 17.6 Å². The molecule has 1 aliphatic carbocycles. The number of nitrogens with one attached hydrogen (secondary N) is 1. The third-order valence-electron chi connectivity index (χ3n) is 3.18. The fraction of sp³-hybridized carbons (Fsp3) is 0.417. The van der Waals surface area contributed by atoms with E-state index < -0.39 is 11.6 Å². The van der Waals surface area contributed by atoms with E-state index in [1.807, 2.05) is 0 Å². The molecule has 2 nitrogen and oxygen atoms in total. The topological polar surface area (TPSA) is 38.0 Å². The maximum atomic E-state index is 13.6. The van der Waals surface area contributed by atoms with Gasteiger partial charge in [0.2, 0.25) is 0 Å². The normalized spacial score (nSPS) is 22.3. The summed E-state index contributed by atoms with van der Waals surface area (Å²) < 4.78 is 27.2. The number of anilines is 1. The zero-order valence-corrected chi connectivity index (χ0v) is 10.3. The van der Waals surface area contributed by atoms with Crippen LogP contribution in [0.1, 0.15) is 18.9 Å². The Balaban J connectivity index is 2.13. The molecule has 1 fully saturated rings. The molecule has 1 saturated carbocycles. The average molecular weight is 256 g/mol. The molecule has 2 atom stereocenters. The summed E-state index contributed by atoms with van der Waals surface area (Å²) in [7, 11) is 0. The standard InChI is InChI=1S/C12H14F2N2S/c1-6-4-7(6)5-16-9-3-2-8(12(15)17)10(13)11(9)14/h2-3,6-7,16H,4-5H2,1H3,(H2,15,17). The molecule has 0 radical (unpaired) electrons. The molecule has 0 spiro atoms. The van der Waals surface area contributed by atoms with E-state index in [-0.39, 0.29) is 16.2 Å². The van der Waals surface area contributed by atoms with Gasteiger partial charge in [-0.2, -0.15) is 0 Å². The Labute approximate surface area is 104 Å². The molecular weight excluding hydrogens is 242 g/mol. The van der Waals surface area contributed by atoms with Crippen molar-refractivity contribution in [2.75, 3.05) is 11.9 Å². The summed E-state index contributed by atoms with van der Waals surface area (Å²) in [6, 6.07) is 2.87. The minimum atomic E-state index is -0.980. The van der Waals surface area contributed by atoms with Crippen LogP contribution >= 0.6 is 12.2 Å². The molecule has 3 N–H and O–H groups in total. The molecule has 2 unspecified atom stereocenters. The largest absolute Gasteiger partial charge is 0.389 e. The molecule has 0 aromatic heterocycles. The minimum absolute atomic E-state index is 0.0529. The van der Waals surface area contributed by atoms with Crippen LogP contribution in [0.5, 0.6) is 0 Å². The molecule has 0 aliphatic heterocycles. The summed E-state index contributed by atoms with van der Waals surface area (Å²) in [5.74, 6) is -0.658. The zero-order chi connectivity index (χ0) is 12.6. The Kier molecular flexibility index (Phi) is 3.28. The Morgan fingerprint density at radius 3 is 2.65 bits per heavy atom. The van der Waals surface area contributed by atoms with E-state index in [0.717, 1.165) is 6.42 Å². The smallest absolute Gasteiger partial charge is 0.182 e. The molecule has 92 valence electrons. The molecule has 1 aliphatic rings. The third kappa shape index (κ3) is 2.54. The van der Waals surface area contributed by atoms with E-state index in [9.17, 15) is 8.78 Å². The van der Waals surface area contributed by atoms with Crippen molar-refractivity contribution in [1.82, 2.24) is 0 Å². The van der Waals surface area contributed by atoms with Crippen molar-refractivity contribution < 1.29 is 8.78 Å². The van der Waals surface area contributed by atoms with Crippen molar-refractivity contribution in [2.45, 2.75) is 13.3 Å². The van der Waals surface area contributed by atoms with E-state index >= 15 is 0 Å². The summed E-state index contributed by atoms with van der Waals surface area (Å²) >= 11 is 4.63. The van der Waals surface area contributed by atoms with Gasteiger partial charge in [-0.25, -0.2) is 8.78 Å². The van der Waals surface area contributed by atoms with Crippen LogP contribution < -0.4 is 11.1 Å². The number of nitrogens with two attached hydrogens (primary N) is 1. The summed E-state index contributed by atoms with van der Waals surface area (Å²) in [5, 5.41) is 2.91. The van der Waals surface area contributed by atoms with E-state index in [4.69, 9.17) is 5.73 Å². The highest BCUT2D eigenvalue weighted by atomic mass is 32.1.